The van der Waals surface area contributed by atoms with E-state index in [9.17, 15) is 14.0 Å². The van der Waals surface area contributed by atoms with Gasteiger partial charge in [0, 0.05) is 24.1 Å². The van der Waals surface area contributed by atoms with E-state index >= 15 is 0 Å². The van der Waals surface area contributed by atoms with E-state index in [1.54, 1.807) is 4.90 Å². The molecule has 2 saturated heterocycles. The van der Waals surface area contributed by atoms with Crippen LogP contribution in [0.3, 0.4) is 0 Å². The van der Waals surface area contributed by atoms with E-state index in [0.29, 0.717) is 26.1 Å². The Morgan fingerprint density at radius 2 is 1.60 bits per heavy atom. The number of halogens is 1. The number of hydrogen-bond donors (Lipinski definition) is 0. The summed E-state index contributed by atoms with van der Waals surface area (Å²) in [5.41, 5.74) is 4.82. The number of piperidine rings is 1. The van der Waals surface area contributed by atoms with E-state index in [1.807, 2.05) is 24.3 Å². The van der Waals surface area contributed by atoms with Crippen molar-refractivity contribution < 1.29 is 23.5 Å². The minimum atomic E-state index is -0.483. The van der Waals surface area contributed by atoms with Crippen LogP contribution in [0.1, 0.15) is 40.4 Å². The molecule has 6 rings (SSSR count). The van der Waals surface area contributed by atoms with E-state index in [-0.39, 0.29) is 48.1 Å². The zero-order valence-corrected chi connectivity index (χ0v) is 19.1. The van der Waals surface area contributed by atoms with E-state index in [1.165, 1.54) is 29.5 Å². The van der Waals surface area contributed by atoms with Gasteiger partial charge in [0.15, 0.2) is 5.78 Å². The van der Waals surface area contributed by atoms with E-state index in [4.69, 9.17) is 9.47 Å². The number of aromatic nitrogens is 1. The fourth-order valence-electron chi connectivity index (χ4n) is 5.84. The van der Waals surface area contributed by atoms with Crippen molar-refractivity contribution in [2.24, 2.45) is 5.92 Å². The van der Waals surface area contributed by atoms with Gasteiger partial charge in [0.25, 0.3) is 0 Å². The normalized spacial score (nSPS) is 22.9. The Labute approximate surface area is 202 Å². The number of nitrogens with zero attached hydrogens (tertiary/aromatic N) is 2. The summed E-state index contributed by atoms with van der Waals surface area (Å²) in [6.07, 6.45) is 1.81. The molecular formula is C28H25FN2O4. The number of rotatable bonds is 4. The molecule has 3 aliphatic rings. The molecule has 0 N–H and O–H groups in total. The van der Waals surface area contributed by atoms with Crippen molar-refractivity contribution in [2.45, 2.75) is 30.8 Å². The van der Waals surface area contributed by atoms with Gasteiger partial charge in [-0.2, -0.15) is 0 Å². The summed E-state index contributed by atoms with van der Waals surface area (Å²) in [4.78, 5) is 32.1. The molecule has 3 aromatic rings. The Hall–Kier alpha value is -3.58. The molecule has 2 fully saturated rings. The monoisotopic (exact) mass is 472 g/mol. The minimum Gasteiger partial charge on any atom is -0.448 e. The van der Waals surface area contributed by atoms with Crippen molar-refractivity contribution in [1.82, 2.24) is 9.88 Å². The van der Waals surface area contributed by atoms with Gasteiger partial charge in [0.2, 0.25) is 0 Å². The number of fused-ring (bicyclic) bond motifs is 5. The molecular weight excluding hydrogens is 447 g/mol. The van der Waals surface area contributed by atoms with Crippen LogP contribution < -0.4 is 0 Å². The van der Waals surface area contributed by atoms with Crippen molar-refractivity contribution in [2.75, 3.05) is 19.8 Å². The number of morpholine rings is 1. The predicted octanol–water partition coefficient (Wildman–Crippen LogP) is 4.83. The summed E-state index contributed by atoms with van der Waals surface area (Å²) in [6, 6.07) is 18.3. The third-order valence-corrected chi connectivity index (χ3v) is 7.41. The lowest BCUT2D eigenvalue weighted by Crippen LogP contribution is -2.60. The van der Waals surface area contributed by atoms with Crippen LogP contribution in [0.15, 0.2) is 66.9 Å². The zero-order valence-electron chi connectivity index (χ0n) is 19.1. The number of pyridine rings is 1. The summed E-state index contributed by atoms with van der Waals surface area (Å²) in [5, 5.41) is 0. The lowest BCUT2D eigenvalue weighted by molar-refractivity contribution is -0.0748. The maximum absolute atomic E-state index is 13.6. The van der Waals surface area contributed by atoms with Crippen molar-refractivity contribution in [3.05, 3.63) is 89.5 Å². The van der Waals surface area contributed by atoms with Crippen LogP contribution in [0.25, 0.3) is 11.1 Å². The van der Waals surface area contributed by atoms with Gasteiger partial charge in [0.1, 0.15) is 18.1 Å². The number of Topliss-reactive ketones (excluding diaryl/α,β-unsaturated/α-hetero) is 1. The Kier molecular flexibility index (Phi) is 5.57. The molecule has 2 atom stereocenters. The lowest BCUT2D eigenvalue weighted by atomic mass is 9.82. The lowest BCUT2D eigenvalue weighted by Gasteiger charge is -2.47. The Bertz CT molecular complexity index is 1240. The van der Waals surface area contributed by atoms with Crippen LogP contribution >= 0.6 is 0 Å². The average molecular weight is 473 g/mol. The first-order valence-corrected chi connectivity index (χ1v) is 12.0. The highest BCUT2D eigenvalue weighted by molar-refractivity contribution is 5.96. The van der Waals surface area contributed by atoms with Gasteiger partial charge in [0.05, 0.1) is 25.3 Å². The number of ketones is 1. The first-order chi connectivity index (χ1) is 17.1. The minimum absolute atomic E-state index is 0.0133. The molecule has 2 unspecified atom stereocenters. The van der Waals surface area contributed by atoms with Crippen molar-refractivity contribution in [3.63, 3.8) is 0 Å². The van der Waals surface area contributed by atoms with Crippen LogP contribution in [-0.2, 0) is 9.47 Å². The molecule has 0 saturated carbocycles. The number of amides is 1. The molecule has 2 bridgehead atoms. The Morgan fingerprint density at radius 1 is 0.971 bits per heavy atom. The summed E-state index contributed by atoms with van der Waals surface area (Å²) in [5.74, 6) is -1.02. The van der Waals surface area contributed by atoms with Gasteiger partial charge in [-0.1, -0.05) is 48.5 Å². The topological polar surface area (TPSA) is 68.7 Å². The molecule has 2 aromatic carbocycles. The molecule has 35 heavy (non-hydrogen) atoms. The van der Waals surface area contributed by atoms with E-state index < -0.39 is 5.82 Å². The largest absolute Gasteiger partial charge is 0.448 e. The van der Waals surface area contributed by atoms with Crippen LogP contribution in [0.4, 0.5) is 9.18 Å². The second-order valence-electron chi connectivity index (χ2n) is 9.45. The highest BCUT2D eigenvalue weighted by atomic mass is 19.1. The number of ether oxygens (including phenoxy) is 2. The summed E-state index contributed by atoms with van der Waals surface area (Å²) in [6.45, 7) is 0.946. The average Bonchev–Trinajstić information content (AvgIpc) is 3.20. The predicted molar refractivity (Wildman–Crippen MR) is 127 cm³/mol. The fraction of sp³-hybridized carbons (Fsp3) is 0.321. The third-order valence-electron chi connectivity index (χ3n) is 7.41. The van der Waals surface area contributed by atoms with Gasteiger partial charge in [-0.3, -0.25) is 14.7 Å². The molecule has 1 amide bonds. The van der Waals surface area contributed by atoms with Gasteiger partial charge >= 0.3 is 6.09 Å². The molecule has 0 radical (unpaired) electrons. The molecule has 0 spiro atoms. The molecule has 1 aromatic heterocycles. The first kappa shape index (κ1) is 21.9. The standard InChI is InChI=1S/C28H25FN2O4/c29-18-9-10-30-26(13-18)27(32)17-11-19-14-34-15-20(12-17)31(19)28(33)35-16-25-23-7-3-1-5-21(23)22-6-2-4-8-24(22)25/h1-10,13,17,19-20,25H,11-12,14-16H2. The molecule has 178 valence electrons. The molecule has 1 aliphatic carbocycles. The van der Waals surface area contributed by atoms with Crippen LogP contribution in [-0.4, -0.2) is 53.7 Å². The Balaban J connectivity index is 1.17. The first-order valence-electron chi connectivity index (χ1n) is 12.0. The van der Waals surface area contributed by atoms with Gasteiger partial charge in [-0.05, 0) is 41.2 Å². The highest BCUT2D eigenvalue weighted by Gasteiger charge is 2.45. The highest BCUT2D eigenvalue weighted by Crippen LogP contribution is 2.44. The van der Waals surface area contributed by atoms with Crippen LogP contribution in [0.2, 0.25) is 0 Å². The van der Waals surface area contributed by atoms with E-state index in [0.717, 1.165) is 11.1 Å². The summed E-state index contributed by atoms with van der Waals surface area (Å²) in [7, 11) is 0. The number of benzene rings is 2. The van der Waals surface area contributed by atoms with Crippen LogP contribution in [0.5, 0.6) is 0 Å². The smallest absolute Gasteiger partial charge is 0.410 e. The number of carbonyl (C=O) groups excluding carboxylic acids is 2. The second kappa shape index (κ2) is 8.89. The Morgan fingerprint density at radius 3 is 2.23 bits per heavy atom. The van der Waals surface area contributed by atoms with Crippen molar-refractivity contribution in [1.29, 1.82) is 0 Å². The number of hydrogen-bond acceptors (Lipinski definition) is 5. The molecule has 7 heteroatoms. The van der Waals surface area contributed by atoms with Gasteiger partial charge in [-0.15, -0.1) is 0 Å². The quantitative estimate of drug-likeness (QED) is 0.509. The van der Waals surface area contributed by atoms with Crippen molar-refractivity contribution in [3.8, 4) is 11.1 Å². The SMILES string of the molecule is O=C(c1cc(F)ccn1)C1CC2COCC(C1)N2C(=O)OCC1c2ccccc2-c2ccccc21. The number of carbonyl (C=O) groups is 2. The second-order valence-corrected chi connectivity index (χ2v) is 9.45. The van der Waals surface area contributed by atoms with Gasteiger partial charge in [-0.25, -0.2) is 9.18 Å². The molecule has 2 aliphatic heterocycles. The maximum atomic E-state index is 13.6. The van der Waals surface area contributed by atoms with Crippen LogP contribution in [0, 0.1) is 11.7 Å². The third kappa shape index (κ3) is 3.90. The maximum Gasteiger partial charge on any atom is 0.410 e. The fourth-order valence-corrected chi connectivity index (χ4v) is 5.84. The van der Waals surface area contributed by atoms with Gasteiger partial charge < -0.3 is 9.47 Å². The van der Waals surface area contributed by atoms with E-state index in [2.05, 4.69) is 29.2 Å². The van der Waals surface area contributed by atoms with Crippen molar-refractivity contribution >= 4 is 11.9 Å². The molecule has 3 heterocycles. The summed E-state index contributed by atoms with van der Waals surface area (Å²) >= 11 is 0. The zero-order chi connectivity index (χ0) is 23.9. The summed E-state index contributed by atoms with van der Waals surface area (Å²) < 4.78 is 25.2. The molecule has 6 nitrogen and oxygen atoms in total.